The molecule has 276 valence electrons. The summed E-state index contributed by atoms with van der Waals surface area (Å²) in [5.74, 6) is 0. The highest BCUT2D eigenvalue weighted by Crippen LogP contribution is 2.19. The Balaban J connectivity index is 0. The summed E-state index contributed by atoms with van der Waals surface area (Å²) in [5, 5.41) is 0. The van der Waals surface area contributed by atoms with Crippen molar-refractivity contribution in [3.05, 3.63) is 24.3 Å². The summed E-state index contributed by atoms with van der Waals surface area (Å²) in [6, 6.07) is 0. The van der Waals surface area contributed by atoms with E-state index in [0.29, 0.717) is 0 Å². The number of hydrogen-bond acceptors (Lipinski definition) is 0. The van der Waals surface area contributed by atoms with Crippen molar-refractivity contribution in [1.82, 2.24) is 0 Å². The molecule has 0 saturated carbocycles. The highest BCUT2D eigenvalue weighted by atomic mass is 79.9. The summed E-state index contributed by atoms with van der Waals surface area (Å²) in [4.78, 5) is 0. The molecule has 0 bridgehead atoms. The zero-order valence-corrected chi connectivity index (χ0v) is 34.2. The first kappa shape index (κ1) is 48.0. The first-order chi connectivity index (χ1) is 22.2. The number of nitrogens with zero attached hydrogens (tertiary/aromatic N) is 1. The molecule has 0 N–H and O–H groups in total. The van der Waals surface area contributed by atoms with Crippen molar-refractivity contribution >= 4 is 0 Å². The van der Waals surface area contributed by atoms with E-state index in [9.17, 15) is 0 Å². The second kappa shape index (κ2) is 41.1. The normalized spacial score (nSPS) is 12.1. The maximum absolute atomic E-state index is 2.47. The van der Waals surface area contributed by atoms with Crippen LogP contribution in [-0.2, 0) is 0 Å². The molecule has 0 aromatic rings. The van der Waals surface area contributed by atoms with E-state index in [1.807, 2.05) is 0 Å². The fourth-order valence-electron chi connectivity index (χ4n) is 7.05. The summed E-state index contributed by atoms with van der Waals surface area (Å²) >= 11 is 0. The maximum atomic E-state index is 2.47. The molecular formula is C44H88BrN. The molecule has 46 heavy (non-hydrogen) atoms. The van der Waals surface area contributed by atoms with Crippen molar-refractivity contribution in [2.45, 2.75) is 233 Å². The molecule has 0 saturated heterocycles. The molecule has 0 spiro atoms. The monoisotopic (exact) mass is 710 g/mol. The van der Waals surface area contributed by atoms with Gasteiger partial charge in [0, 0.05) is 0 Å². The fourth-order valence-corrected chi connectivity index (χ4v) is 7.05. The molecule has 0 atom stereocenters. The number of rotatable bonds is 38. The third-order valence-electron chi connectivity index (χ3n) is 10.3. The van der Waals surface area contributed by atoms with Gasteiger partial charge in [-0.05, 0) is 89.9 Å². The van der Waals surface area contributed by atoms with Gasteiger partial charge in [-0.3, -0.25) is 0 Å². The second-order valence-electron chi connectivity index (χ2n) is 14.8. The molecule has 0 fully saturated rings. The van der Waals surface area contributed by atoms with Gasteiger partial charge >= 0.3 is 0 Å². The van der Waals surface area contributed by atoms with Crippen LogP contribution in [0.4, 0.5) is 0 Å². The van der Waals surface area contributed by atoms with E-state index >= 15 is 0 Å². The molecule has 0 heterocycles. The minimum atomic E-state index is 0. The summed E-state index contributed by atoms with van der Waals surface area (Å²) in [7, 11) is 0. The van der Waals surface area contributed by atoms with Crippen LogP contribution in [0.25, 0.3) is 0 Å². The Morgan fingerprint density at radius 1 is 0.261 bits per heavy atom. The van der Waals surface area contributed by atoms with E-state index < -0.39 is 0 Å². The lowest BCUT2D eigenvalue weighted by molar-refractivity contribution is -0.929. The predicted molar refractivity (Wildman–Crippen MR) is 208 cm³/mol. The first-order valence-electron chi connectivity index (χ1n) is 21.4. The van der Waals surface area contributed by atoms with E-state index in [4.69, 9.17) is 0 Å². The second-order valence-corrected chi connectivity index (χ2v) is 14.8. The number of quaternary nitrogens is 1. The van der Waals surface area contributed by atoms with Crippen molar-refractivity contribution in [2.75, 3.05) is 26.2 Å². The first-order valence-corrected chi connectivity index (χ1v) is 21.4. The lowest BCUT2D eigenvalue weighted by Crippen LogP contribution is -3.00. The molecule has 2 heteroatoms. The van der Waals surface area contributed by atoms with Gasteiger partial charge in [-0.25, -0.2) is 0 Å². The Bertz CT molecular complexity index is 545. The fraction of sp³-hybridized carbons (Fsp3) is 0.909. The molecule has 0 amide bonds. The zero-order chi connectivity index (χ0) is 32.8. The maximum Gasteiger partial charge on any atom is 0.0786 e. The van der Waals surface area contributed by atoms with Crippen LogP contribution in [0.5, 0.6) is 0 Å². The van der Waals surface area contributed by atoms with E-state index in [0.717, 1.165) is 0 Å². The van der Waals surface area contributed by atoms with E-state index in [2.05, 4.69) is 52.0 Å². The highest BCUT2D eigenvalue weighted by molar-refractivity contribution is 4.82. The van der Waals surface area contributed by atoms with Crippen LogP contribution < -0.4 is 17.0 Å². The quantitative estimate of drug-likeness (QED) is 0.0340. The lowest BCUT2D eigenvalue weighted by Gasteiger charge is -2.39. The lowest BCUT2D eigenvalue weighted by atomic mass is 10.1. The summed E-state index contributed by atoms with van der Waals surface area (Å²) < 4.78 is 1.44. The Kier molecular flexibility index (Phi) is 42.9. The predicted octanol–water partition coefficient (Wildman–Crippen LogP) is 12.5. The molecule has 0 aliphatic rings. The van der Waals surface area contributed by atoms with Crippen LogP contribution in [0.15, 0.2) is 24.3 Å². The molecule has 0 rings (SSSR count). The summed E-state index contributed by atoms with van der Waals surface area (Å²) in [6.07, 6.45) is 54.9. The smallest absolute Gasteiger partial charge is 0.0786 e. The number of allylic oxidation sites excluding steroid dienone is 4. The molecule has 0 aromatic heterocycles. The number of unbranched alkanes of at least 4 members (excludes halogenated alkanes) is 26. The molecular weight excluding hydrogens is 622 g/mol. The van der Waals surface area contributed by atoms with E-state index in [-0.39, 0.29) is 17.0 Å². The van der Waals surface area contributed by atoms with E-state index in [1.54, 1.807) is 0 Å². The average Bonchev–Trinajstić information content (AvgIpc) is 3.05. The van der Waals surface area contributed by atoms with Gasteiger partial charge in [-0.15, -0.1) is 0 Å². The van der Waals surface area contributed by atoms with Crippen LogP contribution >= 0.6 is 0 Å². The summed E-state index contributed by atoms with van der Waals surface area (Å²) in [5.41, 5.74) is 0. The molecule has 0 unspecified atom stereocenters. The zero-order valence-electron chi connectivity index (χ0n) is 32.6. The minimum Gasteiger partial charge on any atom is -1.00 e. The topological polar surface area (TPSA) is 0 Å². The van der Waals surface area contributed by atoms with Crippen molar-refractivity contribution in [1.29, 1.82) is 0 Å². The van der Waals surface area contributed by atoms with Crippen LogP contribution in [0, 0.1) is 0 Å². The average molecular weight is 711 g/mol. The largest absolute Gasteiger partial charge is 1.00 e. The van der Waals surface area contributed by atoms with Crippen molar-refractivity contribution in [3.63, 3.8) is 0 Å². The third-order valence-corrected chi connectivity index (χ3v) is 10.3. The van der Waals surface area contributed by atoms with Gasteiger partial charge in [-0.2, -0.15) is 0 Å². The highest BCUT2D eigenvalue weighted by Gasteiger charge is 2.25. The van der Waals surface area contributed by atoms with Crippen molar-refractivity contribution in [3.8, 4) is 0 Å². The molecule has 0 radical (unpaired) electrons. The van der Waals surface area contributed by atoms with Gasteiger partial charge in [0.05, 0.1) is 26.2 Å². The molecule has 1 nitrogen and oxygen atoms in total. The molecule has 0 aliphatic carbocycles. The van der Waals surface area contributed by atoms with Gasteiger partial charge in [0.25, 0.3) is 0 Å². The SMILES string of the molecule is CCCCCCCCC=CCCCCCCCC[N+](CCCC)(CCCC)CCCCCCCCC=CCCCCCCCC.[Br-]. The van der Waals surface area contributed by atoms with Gasteiger partial charge in [-0.1, -0.05) is 168 Å². The van der Waals surface area contributed by atoms with Gasteiger partial charge in [0.1, 0.15) is 0 Å². The number of hydrogen-bond donors (Lipinski definition) is 0. The van der Waals surface area contributed by atoms with Crippen LogP contribution in [0.1, 0.15) is 233 Å². The Hall–Kier alpha value is -0.0800. The molecule has 0 aromatic carbocycles. The van der Waals surface area contributed by atoms with E-state index in [1.165, 1.54) is 236 Å². The Morgan fingerprint density at radius 2 is 0.478 bits per heavy atom. The Labute approximate surface area is 304 Å². The van der Waals surface area contributed by atoms with Crippen LogP contribution in [-0.4, -0.2) is 30.7 Å². The molecule has 0 aliphatic heterocycles. The van der Waals surface area contributed by atoms with Crippen molar-refractivity contribution in [2.24, 2.45) is 0 Å². The van der Waals surface area contributed by atoms with Crippen molar-refractivity contribution < 1.29 is 21.5 Å². The van der Waals surface area contributed by atoms with Crippen LogP contribution in [0.2, 0.25) is 0 Å². The van der Waals surface area contributed by atoms with Gasteiger partial charge < -0.3 is 21.5 Å². The van der Waals surface area contributed by atoms with Crippen LogP contribution in [0.3, 0.4) is 0 Å². The minimum absolute atomic E-state index is 0. The standard InChI is InChI=1S/C44H88N.BrH/c1-5-9-13-15-17-19-21-23-25-27-29-31-33-35-37-39-43-45(41-11-7-3,42-12-8-4)44-40-38-36-34-32-30-28-26-24-22-20-18-16-14-10-6-2;/h23-26H,5-22,27-44H2,1-4H3;1H/q+1;/p-1. The Morgan fingerprint density at radius 3 is 0.761 bits per heavy atom. The van der Waals surface area contributed by atoms with Gasteiger partial charge in [0.15, 0.2) is 0 Å². The third kappa shape index (κ3) is 35.2. The summed E-state index contributed by atoms with van der Waals surface area (Å²) in [6.45, 7) is 15.2. The van der Waals surface area contributed by atoms with Gasteiger partial charge in [0.2, 0.25) is 0 Å². The number of halogens is 1.